The molecule has 0 aromatic carbocycles. The lowest BCUT2D eigenvalue weighted by molar-refractivity contribution is 0.494. The summed E-state index contributed by atoms with van der Waals surface area (Å²) in [5, 5.41) is 3.64. The molecule has 0 atom stereocenters. The van der Waals surface area contributed by atoms with E-state index in [1.807, 2.05) is 19.1 Å². The van der Waals surface area contributed by atoms with Gasteiger partial charge in [-0.25, -0.2) is 4.98 Å². The highest BCUT2D eigenvalue weighted by atomic mass is 79.9. The molecule has 0 fully saturated rings. The van der Waals surface area contributed by atoms with E-state index in [2.05, 4.69) is 42.2 Å². The van der Waals surface area contributed by atoms with Gasteiger partial charge >= 0.3 is 0 Å². The van der Waals surface area contributed by atoms with Gasteiger partial charge in [-0.2, -0.15) is 0 Å². The summed E-state index contributed by atoms with van der Waals surface area (Å²) in [6.07, 6.45) is 1.73. The molecule has 90 valence electrons. The highest BCUT2D eigenvalue weighted by Crippen LogP contribution is 2.27. The second-order valence-corrected chi connectivity index (χ2v) is 5.47. The Bertz CT molecular complexity index is 523. The highest BCUT2D eigenvalue weighted by Gasteiger charge is 2.07. The zero-order valence-electron chi connectivity index (χ0n) is 8.93. The van der Waals surface area contributed by atoms with E-state index < -0.39 is 0 Å². The van der Waals surface area contributed by atoms with Crippen LogP contribution in [0.4, 0.5) is 5.69 Å². The molecule has 17 heavy (non-hydrogen) atoms. The average Bonchev–Trinajstić information content (AvgIpc) is 2.60. The highest BCUT2D eigenvalue weighted by molar-refractivity contribution is 9.13. The van der Waals surface area contributed by atoms with Gasteiger partial charge in [0.15, 0.2) is 9.82 Å². The first-order chi connectivity index (χ1) is 8.06. The van der Waals surface area contributed by atoms with E-state index in [0.717, 1.165) is 21.5 Å². The molecule has 0 saturated heterocycles. The van der Waals surface area contributed by atoms with E-state index in [1.54, 1.807) is 6.20 Å². The summed E-state index contributed by atoms with van der Waals surface area (Å²) in [4.78, 5) is 4.07. The Morgan fingerprint density at radius 2 is 2.18 bits per heavy atom. The van der Waals surface area contributed by atoms with Crippen molar-refractivity contribution in [2.75, 3.05) is 5.32 Å². The fraction of sp³-hybridized carbons (Fsp3) is 0.182. The molecular weight excluding hydrogens is 371 g/mol. The number of aryl methyl sites for hydroxylation is 1. The summed E-state index contributed by atoms with van der Waals surface area (Å²) in [7, 11) is 0. The quantitative estimate of drug-likeness (QED) is 0.779. The summed E-state index contributed by atoms with van der Waals surface area (Å²) >= 11 is 12.6. The van der Waals surface area contributed by atoms with E-state index in [1.165, 1.54) is 0 Å². The Balaban J connectivity index is 2.09. The Kier molecular flexibility index (Phi) is 4.12. The van der Waals surface area contributed by atoms with Crippen molar-refractivity contribution in [1.82, 2.24) is 4.98 Å². The number of aromatic nitrogens is 1. The van der Waals surface area contributed by atoms with Gasteiger partial charge in [0.1, 0.15) is 5.76 Å². The molecule has 0 aliphatic carbocycles. The summed E-state index contributed by atoms with van der Waals surface area (Å²) < 4.78 is 7.02. The van der Waals surface area contributed by atoms with E-state index in [0.29, 0.717) is 16.4 Å². The van der Waals surface area contributed by atoms with Gasteiger partial charge in [-0.1, -0.05) is 11.6 Å². The lowest BCUT2D eigenvalue weighted by Gasteiger charge is -2.06. The molecule has 6 heteroatoms. The molecule has 3 nitrogen and oxygen atoms in total. The van der Waals surface area contributed by atoms with Crippen molar-refractivity contribution in [2.45, 2.75) is 13.5 Å². The summed E-state index contributed by atoms with van der Waals surface area (Å²) in [5.74, 6) is 0.807. The zero-order valence-corrected chi connectivity index (χ0v) is 12.9. The average molecular weight is 380 g/mol. The van der Waals surface area contributed by atoms with Crippen LogP contribution in [0.1, 0.15) is 11.3 Å². The van der Waals surface area contributed by atoms with Crippen molar-refractivity contribution in [3.8, 4) is 0 Å². The summed E-state index contributed by atoms with van der Waals surface area (Å²) in [6, 6.07) is 3.84. The number of furan rings is 1. The molecule has 0 bridgehead atoms. The van der Waals surface area contributed by atoms with Gasteiger partial charge in [0.2, 0.25) is 0 Å². The summed E-state index contributed by atoms with van der Waals surface area (Å²) in [5.41, 5.74) is 1.86. The first-order valence-electron chi connectivity index (χ1n) is 4.86. The number of pyridine rings is 1. The summed E-state index contributed by atoms with van der Waals surface area (Å²) in [6.45, 7) is 2.52. The van der Waals surface area contributed by atoms with Crippen LogP contribution in [-0.2, 0) is 6.54 Å². The number of hydrogen-bond donors (Lipinski definition) is 1. The van der Waals surface area contributed by atoms with Gasteiger partial charge < -0.3 is 9.73 Å². The number of rotatable bonds is 3. The fourth-order valence-electron chi connectivity index (χ4n) is 1.34. The number of anilines is 1. The van der Waals surface area contributed by atoms with Crippen molar-refractivity contribution in [1.29, 1.82) is 0 Å². The maximum Gasteiger partial charge on any atom is 0.183 e. The minimum atomic E-state index is 0.459. The number of nitrogens with one attached hydrogen (secondary N) is 1. The lowest BCUT2D eigenvalue weighted by atomic mass is 10.3. The molecule has 2 aromatic heterocycles. The molecule has 0 radical (unpaired) electrons. The van der Waals surface area contributed by atoms with Crippen LogP contribution in [0.25, 0.3) is 0 Å². The van der Waals surface area contributed by atoms with Crippen molar-refractivity contribution < 1.29 is 4.42 Å². The van der Waals surface area contributed by atoms with Crippen LogP contribution in [0.5, 0.6) is 0 Å². The van der Waals surface area contributed by atoms with Crippen LogP contribution in [0.2, 0.25) is 5.15 Å². The fourth-order valence-corrected chi connectivity index (χ4v) is 2.17. The Morgan fingerprint density at radius 3 is 2.82 bits per heavy atom. The maximum absolute atomic E-state index is 5.98. The Labute approximate surface area is 121 Å². The van der Waals surface area contributed by atoms with Crippen molar-refractivity contribution in [3.05, 3.63) is 43.9 Å². The van der Waals surface area contributed by atoms with Gasteiger partial charge in [0, 0.05) is 6.20 Å². The first-order valence-corrected chi connectivity index (χ1v) is 6.82. The number of hydrogen-bond acceptors (Lipinski definition) is 3. The minimum Gasteiger partial charge on any atom is -0.451 e. The molecule has 2 rings (SSSR count). The third-order valence-electron chi connectivity index (χ3n) is 2.13. The second-order valence-electron chi connectivity index (χ2n) is 3.54. The molecule has 0 amide bonds. The number of nitrogens with zero attached hydrogens (tertiary/aromatic N) is 1. The second kappa shape index (κ2) is 5.42. The Hall–Kier alpha value is -0.520. The molecule has 0 aliphatic rings. The van der Waals surface area contributed by atoms with Gasteiger partial charge in [-0.3, -0.25) is 0 Å². The van der Waals surface area contributed by atoms with Crippen molar-refractivity contribution >= 4 is 49.1 Å². The van der Waals surface area contributed by atoms with Gasteiger partial charge in [-0.05, 0) is 56.5 Å². The standard InChI is InChI=1S/C11H9Br2ClN2O/c1-6-2-9(11(14)16-4-6)15-5-7-3-8(12)10(13)17-7/h2-4,15H,5H2,1H3. The topological polar surface area (TPSA) is 38.1 Å². The third kappa shape index (κ3) is 3.24. The number of halogens is 3. The molecular formula is C11H9Br2ClN2O. The third-order valence-corrected chi connectivity index (χ3v) is 4.14. The molecule has 0 unspecified atom stereocenters. The van der Waals surface area contributed by atoms with Crippen LogP contribution >= 0.6 is 43.5 Å². The normalized spacial score (nSPS) is 10.6. The van der Waals surface area contributed by atoms with Gasteiger partial charge in [0.05, 0.1) is 16.7 Å². The molecule has 2 aromatic rings. The zero-order chi connectivity index (χ0) is 12.4. The van der Waals surface area contributed by atoms with Crippen LogP contribution in [0.3, 0.4) is 0 Å². The SMILES string of the molecule is Cc1cnc(Cl)c(NCc2cc(Br)c(Br)o2)c1. The predicted octanol–water partition coefficient (Wildman–Crippen LogP) is 4.77. The monoisotopic (exact) mass is 378 g/mol. The van der Waals surface area contributed by atoms with Crippen LogP contribution in [-0.4, -0.2) is 4.98 Å². The first kappa shape index (κ1) is 12.9. The van der Waals surface area contributed by atoms with Crippen LogP contribution in [0.15, 0.2) is 31.9 Å². The maximum atomic E-state index is 5.98. The van der Waals surface area contributed by atoms with Crippen LogP contribution < -0.4 is 5.32 Å². The van der Waals surface area contributed by atoms with Crippen molar-refractivity contribution in [3.63, 3.8) is 0 Å². The van der Waals surface area contributed by atoms with E-state index in [9.17, 15) is 0 Å². The van der Waals surface area contributed by atoms with Crippen molar-refractivity contribution in [2.24, 2.45) is 0 Å². The van der Waals surface area contributed by atoms with Crippen LogP contribution in [0, 0.1) is 6.92 Å². The minimum absolute atomic E-state index is 0.459. The van der Waals surface area contributed by atoms with E-state index in [4.69, 9.17) is 16.0 Å². The molecule has 0 aliphatic heterocycles. The lowest BCUT2D eigenvalue weighted by Crippen LogP contribution is -2.00. The van der Waals surface area contributed by atoms with E-state index in [-0.39, 0.29) is 0 Å². The predicted molar refractivity (Wildman–Crippen MR) is 75.4 cm³/mol. The Morgan fingerprint density at radius 1 is 1.41 bits per heavy atom. The molecule has 1 N–H and O–H groups in total. The molecule has 0 saturated carbocycles. The molecule has 0 spiro atoms. The largest absolute Gasteiger partial charge is 0.451 e. The molecule has 2 heterocycles. The van der Waals surface area contributed by atoms with Gasteiger partial charge in [-0.15, -0.1) is 0 Å². The van der Waals surface area contributed by atoms with E-state index >= 15 is 0 Å². The van der Waals surface area contributed by atoms with Gasteiger partial charge in [0.25, 0.3) is 0 Å². The smallest absolute Gasteiger partial charge is 0.183 e.